The summed E-state index contributed by atoms with van der Waals surface area (Å²) in [7, 11) is 0. The summed E-state index contributed by atoms with van der Waals surface area (Å²) in [6, 6.07) is 11.5. The minimum Gasteiger partial charge on any atom is -0.492 e. The molecule has 0 saturated carbocycles. The van der Waals surface area contributed by atoms with Gasteiger partial charge in [-0.05, 0) is 107 Å². The van der Waals surface area contributed by atoms with Crippen molar-refractivity contribution in [1.82, 2.24) is 4.57 Å². The Morgan fingerprint density at radius 1 is 1.14 bits per heavy atom. The van der Waals surface area contributed by atoms with Crippen molar-refractivity contribution in [3.05, 3.63) is 91.2 Å². The van der Waals surface area contributed by atoms with E-state index >= 15 is 0 Å². The van der Waals surface area contributed by atoms with Crippen LogP contribution in [0.2, 0.25) is 0 Å². The average molecular weight is 742 g/mol. The summed E-state index contributed by atoms with van der Waals surface area (Å²) >= 11 is 5.84. The molecule has 3 aromatic rings. The van der Waals surface area contributed by atoms with E-state index in [1.54, 1.807) is 18.4 Å². The lowest BCUT2D eigenvalue weighted by atomic mass is 9.93. The number of carbonyl (C=O) groups is 1. The molecular weight excluding hydrogens is 714 g/mol. The molecule has 0 amide bonds. The predicted octanol–water partition coefficient (Wildman–Crippen LogP) is 5.53. The van der Waals surface area contributed by atoms with Crippen molar-refractivity contribution in [2.75, 3.05) is 13.2 Å². The molecule has 0 aliphatic carbocycles. The molecule has 9 heteroatoms. The topological polar surface area (TPSA) is 69.9 Å². The number of ether oxygens (including phenoxy) is 2. The lowest BCUT2D eigenvalue weighted by Gasteiger charge is -2.25. The number of hydrogen-bond donors (Lipinski definition) is 0. The van der Waals surface area contributed by atoms with Crippen LogP contribution in [0.25, 0.3) is 6.08 Å². The Hall–Kier alpha value is -1.99. The van der Waals surface area contributed by atoms with Crippen LogP contribution in [-0.2, 0) is 9.53 Å². The molecule has 0 N–H and O–H groups in total. The highest BCUT2D eigenvalue weighted by Crippen LogP contribution is 2.32. The molecule has 0 saturated heterocycles. The van der Waals surface area contributed by atoms with Crippen molar-refractivity contribution in [3.8, 4) is 5.75 Å². The normalized spacial score (nSPS) is 15.6. The molecule has 194 valence electrons. The Labute approximate surface area is 247 Å². The lowest BCUT2D eigenvalue weighted by molar-refractivity contribution is -0.139. The van der Waals surface area contributed by atoms with E-state index in [1.165, 1.54) is 16.9 Å². The fourth-order valence-corrected chi connectivity index (χ4v) is 7.44. The van der Waals surface area contributed by atoms with Crippen molar-refractivity contribution in [2.24, 2.45) is 4.99 Å². The highest BCUT2D eigenvalue weighted by molar-refractivity contribution is 14.1. The molecule has 1 aliphatic heterocycles. The van der Waals surface area contributed by atoms with Gasteiger partial charge >= 0.3 is 5.97 Å². The van der Waals surface area contributed by atoms with Gasteiger partial charge in [0, 0.05) is 0 Å². The van der Waals surface area contributed by atoms with Gasteiger partial charge in [0.2, 0.25) is 0 Å². The van der Waals surface area contributed by atoms with E-state index < -0.39 is 12.0 Å². The number of nitrogens with zero attached hydrogens (tertiary/aromatic N) is 2. The molecule has 37 heavy (non-hydrogen) atoms. The molecule has 6 nitrogen and oxygen atoms in total. The van der Waals surface area contributed by atoms with Gasteiger partial charge in [0.15, 0.2) is 4.80 Å². The highest BCUT2D eigenvalue weighted by atomic mass is 127. The summed E-state index contributed by atoms with van der Waals surface area (Å²) in [5.74, 6) is 0.769. The first kappa shape index (κ1) is 28.0. The molecule has 0 fully saturated rings. The van der Waals surface area contributed by atoms with Crippen LogP contribution in [0, 0.1) is 7.14 Å². The molecule has 0 spiro atoms. The van der Waals surface area contributed by atoms with E-state index in [4.69, 9.17) is 9.47 Å². The van der Waals surface area contributed by atoms with Crippen molar-refractivity contribution in [3.63, 3.8) is 0 Å². The highest BCUT2D eigenvalue weighted by Gasteiger charge is 2.33. The summed E-state index contributed by atoms with van der Waals surface area (Å²) in [5.41, 5.74) is 3.71. The minimum absolute atomic E-state index is 0.185. The molecule has 0 radical (unpaired) electrons. The average Bonchev–Trinajstić information content (AvgIpc) is 3.15. The summed E-state index contributed by atoms with van der Waals surface area (Å²) in [6.45, 7) is 10.6. The van der Waals surface area contributed by atoms with Gasteiger partial charge in [-0.1, -0.05) is 49.4 Å². The van der Waals surface area contributed by atoms with Crippen LogP contribution < -0.4 is 19.6 Å². The largest absolute Gasteiger partial charge is 0.492 e. The van der Waals surface area contributed by atoms with Gasteiger partial charge in [0.05, 0.1) is 42.2 Å². The van der Waals surface area contributed by atoms with Gasteiger partial charge in [0.25, 0.3) is 5.56 Å². The smallest absolute Gasteiger partial charge is 0.338 e. The number of rotatable bonds is 7. The van der Waals surface area contributed by atoms with Gasteiger partial charge in [0.1, 0.15) is 5.75 Å². The van der Waals surface area contributed by atoms with E-state index in [0.717, 1.165) is 24.0 Å². The van der Waals surface area contributed by atoms with Crippen molar-refractivity contribution >= 4 is 68.6 Å². The Kier molecular flexibility index (Phi) is 8.95. The molecular formula is C28H28I2N2O4S. The summed E-state index contributed by atoms with van der Waals surface area (Å²) in [4.78, 5) is 32.1. The van der Waals surface area contributed by atoms with Crippen LogP contribution in [0.15, 0.2) is 57.5 Å². The lowest BCUT2D eigenvalue weighted by Crippen LogP contribution is -2.39. The number of esters is 1. The van der Waals surface area contributed by atoms with Crippen LogP contribution in [0.3, 0.4) is 0 Å². The summed E-state index contributed by atoms with van der Waals surface area (Å²) in [6.07, 6.45) is 1.88. The number of hydrogen-bond acceptors (Lipinski definition) is 6. The second kappa shape index (κ2) is 11.8. The van der Waals surface area contributed by atoms with Crippen molar-refractivity contribution < 1.29 is 14.3 Å². The van der Waals surface area contributed by atoms with E-state index in [0.29, 0.717) is 33.1 Å². The molecule has 1 aromatic heterocycles. The number of aromatic nitrogens is 1. The molecule has 4 rings (SSSR count). The minimum atomic E-state index is -0.612. The van der Waals surface area contributed by atoms with Crippen LogP contribution in [-0.4, -0.2) is 23.8 Å². The molecule has 1 atom stereocenters. The molecule has 1 aliphatic rings. The third-order valence-electron chi connectivity index (χ3n) is 6.04. The van der Waals surface area contributed by atoms with E-state index in [2.05, 4.69) is 76.2 Å². The maximum Gasteiger partial charge on any atom is 0.338 e. The zero-order valence-electron chi connectivity index (χ0n) is 21.3. The Morgan fingerprint density at radius 3 is 2.35 bits per heavy atom. The number of allylic oxidation sites excluding steroid dienone is 1. The van der Waals surface area contributed by atoms with Crippen LogP contribution in [0.4, 0.5) is 0 Å². The molecule has 0 bridgehead atoms. The van der Waals surface area contributed by atoms with Gasteiger partial charge in [-0.15, -0.1) is 0 Å². The maximum absolute atomic E-state index is 13.8. The SMILES string of the molecule is CCOC(=O)C1=C(C)N=c2s/c(=C\c3cc(I)c(OCC)c(I)c3)c(=O)n2[C@H]1c1ccc(C(C)C)cc1. The van der Waals surface area contributed by atoms with Gasteiger partial charge in [-0.25, -0.2) is 9.79 Å². The summed E-state index contributed by atoms with van der Waals surface area (Å²) < 4.78 is 15.3. The fraction of sp³-hybridized carbons (Fsp3) is 0.321. The predicted molar refractivity (Wildman–Crippen MR) is 164 cm³/mol. The van der Waals surface area contributed by atoms with E-state index in [9.17, 15) is 9.59 Å². The number of halogens is 2. The maximum atomic E-state index is 13.8. The zero-order chi connectivity index (χ0) is 26.9. The molecule has 0 unspecified atom stereocenters. The monoisotopic (exact) mass is 742 g/mol. The number of carbonyl (C=O) groups excluding carboxylic acids is 1. The third kappa shape index (κ3) is 5.73. The molecule has 2 aromatic carbocycles. The first-order chi connectivity index (χ1) is 17.7. The van der Waals surface area contributed by atoms with E-state index in [1.807, 2.05) is 37.3 Å². The first-order valence-electron chi connectivity index (χ1n) is 12.1. The Bertz CT molecular complexity index is 1530. The Morgan fingerprint density at radius 2 is 1.78 bits per heavy atom. The first-order valence-corrected chi connectivity index (χ1v) is 15.0. The zero-order valence-corrected chi connectivity index (χ0v) is 26.4. The van der Waals surface area contributed by atoms with Crippen LogP contribution in [0.1, 0.15) is 63.3 Å². The third-order valence-corrected chi connectivity index (χ3v) is 8.63. The second-order valence-corrected chi connectivity index (χ2v) is 12.2. The quantitative estimate of drug-likeness (QED) is 0.236. The number of thiazole rings is 1. The van der Waals surface area contributed by atoms with Gasteiger partial charge in [-0.2, -0.15) is 0 Å². The standard InChI is InChI=1S/C28H28I2N2O4S/c1-6-35-25-20(29)12-17(13-21(25)30)14-22-26(33)32-24(19-10-8-18(9-11-19)15(3)4)23(27(34)36-7-2)16(5)31-28(32)37-22/h8-15,24H,6-7H2,1-5H3/b22-14-/t24-/m0/s1. The molecule has 2 heterocycles. The van der Waals surface area contributed by atoms with Crippen LogP contribution in [0.5, 0.6) is 5.75 Å². The second-order valence-electron chi connectivity index (χ2n) is 8.87. The van der Waals surface area contributed by atoms with E-state index in [-0.39, 0.29) is 12.2 Å². The number of fused-ring (bicyclic) bond motifs is 1. The van der Waals surface area contributed by atoms with Crippen molar-refractivity contribution in [2.45, 2.75) is 46.6 Å². The fourth-order valence-electron chi connectivity index (χ4n) is 4.27. The van der Waals surface area contributed by atoms with Crippen LogP contribution >= 0.6 is 56.5 Å². The van der Waals surface area contributed by atoms with Gasteiger partial charge < -0.3 is 9.47 Å². The van der Waals surface area contributed by atoms with Crippen molar-refractivity contribution in [1.29, 1.82) is 0 Å². The number of benzene rings is 2. The Balaban J connectivity index is 1.91. The summed E-state index contributed by atoms with van der Waals surface area (Å²) in [5, 5.41) is 0. The van der Waals surface area contributed by atoms with Gasteiger partial charge in [-0.3, -0.25) is 9.36 Å².